The van der Waals surface area contributed by atoms with Crippen LogP contribution in [0.3, 0.4) is 0 Å². The number of rotatable bonds is 6. The van der Waals surface area contributed by atoms with Gasteiger partial charge in [0, 0.05) is 22.2 Å². The van der Waals surface area contributed by atoms with E-state index in [4.69, 9.17) is 11.6 Å². The molecule has 0 saturated carbocycles. The highest BCUT2D eigenvalue weighted by atomic mass is 35.5. The van der Waals surface area contributed by atoms with Gasteiger partial charge in [-0.1, -0.05) is 18.5 Å². The Morgan fingerprint density at radius 3 is 2.60 bits per heavy atom. The van der Waals surface area contributed by atoms with E-state index in [1.54, 1.807) is 22.7 Å². The molecule has 2 nitrogen and oxygen atoms in total. The maximum Gasteiger partial charge on any atom is 0.0950 e. The summed E-state index contributed by atoms with van der Waals surface area (Å²) in [5, 5.41) is 7.85. The molecule has 0 amide bonds. The Bertz CT molecular complexity index is 555. The molecular weight excluding hydrogens is 308 g/mol. The zero-order valence-electron chi connectivity index (χ0n) is 12.4. The molecule has 0 spiro atoms. The summed E-state index contributed by atoms with van der Waals surface area (Å²) >= 11 is 9.98. The van der Waals surface area contributed by atoms with Crippen LogP contribution in [0.1, 0.15) is 45.4 Å². The highest BCUT2D eigenvalue weighted by molar-refractivity contribution is 7.12. The van der Waals surface area contributed by atoms with Crippen molar-refractivity contribution in [2.75, 3.05) is 6.54 Å². The van der Waals surface area contributed by atoms with E-state index in [9.17, 15) is 0 Å². The van der Waals surface area contributed by atoms with Crippen molar-refractivity contribution in [1.29, 1.82) is 0 Å². The number of thiazole rings is 1. The number of hydrogen-bond acceptors (Lipinski definition) is 4. The summed E-state index contributed by atoms with van der Waals surface area (Å²) in [5.41, 5.74) is 2.31. The highest BCUT2D eigenvalue weighted by Crippen LogP contribution is 2.34. The third-order valence-corrected chi connectivity index (χ3v) is 6.26. The van der Waals surface area contributed by atoms with E-state index in [1.807, 2.05) is 0 Å². The Hall–Kier alpha value is -0.420. The zero-order valence-corrected chi connectivity index (χ0v) is 14.8. The fourth-order valence-electron chi connectivity index (χ4n) is 2.06. The Kier molecular flexibility index (Phi) is 5.61. The van der Waals surface area contributed by atoms with E-state index in [2.05, 4.69) is 43.4 Å². The van der Waals surface area contributed by atoms with E-state index >= 15 is 0 Å². The summed E-state index contributed by atoms with van der Waals surface area (Å²) in [4.78, 5) is 7.21. The van der Waals surface area contributed by atoms with E-state index in [-0.39, 0.29) is 6.04 Å². The van der Waals surface area contributed by atoms with Crippen LogP contribution in [0, 0.1) is 20.8 Å². The lowest BCUT2D eigenvalue weighted by atomic mass is 10.1. The van der Waals surface area contributed by atoms with Gasteiger partial charge in [-0.15, -0.1) is 22.7 Å². The Labute approximate surface area is 134 Å². The molecule has 20 heavy (non-hydrogen) atoms. The smallest absolute Gasteiger partial charge is 0.0950 e. The second-order valence-electron chi connectivity index (χ2n) is 5.06. The average molecular weight is 329 g/mol. The van der Waals surface area contributed by atoms with Gasteiger partial charge in [0.1, 0.15) is 0 Å². The predicted molar refractivity (Wildman–Crippen MR) is 90.4 cm³/mol. The summed E-state index contributed by atoms with van der Waals surface area (Å²) in [7, 11) is 0. The molecule has 2 rings (SSSR count). The number of hydrogen-bond donors (Lipinski definition) is 1. The molecule has 1 N–H and O–H groups in total. The van der Waals surface area contributed by atoms with Gasteiger partial charge in [-0.3, -0.25) is 0 Å². The molecule has 2 aromatic rings. The molecule has 2 heterocycles. The lowest BCUT2D eigenvalue weighted by molar-refractivity contribution is 0.535. The van der Waals surface area contributed by atoms with Crippen LogP contribution in [0.5, 0.6) is 0 Å². The first-order valence-corrected chi connectivity index (χ1v) is 9.00. The standard InChI is InChI=1S/C15H21ClN2S2/c1-5-6-17-12(15-14(16)9(2)8-19-15)7-13-18-10(3)11(4)20-13/h8,12,17H,5-7H2,1-4H3. The normalized spacial score (nSPS) is 12.8. The fraction of sp³-hybridized carbons (Fsp3) is 0.533. The molecule has 0 fully saturated rings. The van der Waals surface area contributed by atoms with Crippen LogP contribution in [-0.4, -0.2) is 11.5 Å². The summed E-state index contributed by atoms with van der Waals surface area (Å²) in [6.45, 7) is 9.46. The van der Waals surface area contributed by atoms with E-state index < -0.39 is 0 Å². The third kappa shape index (κ3) is 3.61. The van der Waals surface area contributed by atoms with Crippen molar-refractivity contribution in [3.05, 3.63) is 36.4 Å². The van der Waals surface area contributed by atoms with Crippen molar-refractivity contribution in [3.8, 4) is 0 Å². The van der Waals surface area contributed by atoms with Crippen molar-refractivity contribution < 1.29 is 0 Å². The minimum atomic E-state index is 0.270. The van der Waals surface area contributed by atoms with Crippen LogP contribution in [0.4, 0.5) is 0 Å². The molecule has 0 aliphatic rings. The number of nitrogens with zero attached hydrogens (tertiary/aromatic N) is 1. The van der Waals surface area contributed by atoms with Crippen LogP contribution in [0.2, 0.25) is 5.02 Å². The maximum atomic E-state index is 6.44. The van der Waals surface area contributed by atoms with Crippen molar-refractivity contribution in [3.63, 3.8) is 0 Å². The largest absolute Gasteiger partial charge is 0.309 e. The topological polar surface area (TPSA) is 24.9 Å². The molecule has 2 aromatic heterocycles. The fourth-order valence-corrected chi connectivity index (χ4v) is 4.44. The van der Waals surface area contributed by atoms with Crippen molar-refractivity contribution in [2.45, 2.75) is 46.6 Å². The molecule has 0 saturated heterocycles. The monoisotopic (exact) mass is 328 g/mol. The summed E-state index contributed by atoms with van der Waals surface area (Å²) in [5.74, 6) is 0. The molecule has 0 aliphatic heterocycles. The number of nitrogens with one attached hydrogen (secondary N) is 1. The number of aryl methyl sites for hydroxylation is 3. The summed E-state index contributed by atoms with van der Waals surface area (Å²) < 4.78 is 0. The average Bonchev–Trinajstić information content (AvgIpc) is 2.90. The van der Waals surface area contributed by atoms with Crippen LogP contribution in [-0.2, 0) is 6.42 Å². The Balaban J connectivity index is 2.21. The SMILES string of the molecule is CCCNC(Cc1nc(C)c(C)s1)c1scc(C)c1Cl. The van der Waals surface area contributed by atoms with Gasteiger partial charge < -0.3 is 5.32 Å². The second-order valence-corrected chi connectivity index (χ2v) is 7.63. The van der Waals surface area contributed by atoms with E-state index in [0.717, 1.165) is 30.1 Å². The summed E-state index contributed by atoms with van der Waals surface area (Å²) in [6.07, 6.45) is 2.04. The van der Waals surface area contributed by atoms with Crippen molar-refractivity contribution >= 4 is 34.3 Å². The summed E-state index contributed by atoms with van der Waals surface area (Å²) in [6, 6.07) is 0.270. The van der Waals surface area contributed by atoms with Crippen molar-refractivity contribution in [1.82, 2.24) is 10.3 Å². The highest BCUT2D eigenvalue weighted by Gasteiger charge is 2.19. The minimum Gasteiger partial charge on any atom is -0.309 e. The van der Waals surface area contributed by atoms with Gasteiger partial charge in [0.05, 0.1) is 15.7 Å². The van der Waals surface area contributed by atoms with Gasteiger partial charge in [0.2, 0.25) is 0 Å². The number of thiophene rings is 1. The molecule has 110 valence electrons. The molecule has 1 atom stereocenters. The molecule has 0 radical (unpaired) electrons. The number of aromatic nitrogens is 1. The lowest BCUT2D eigenvalue weighted by Gasteiger charge is -2.16. The molecule has 0 bridgehead atoms. The van der Waals surface area contributed by atoms with Gasteiger partial charge >= 0.3 is 0 Å². The van der Waals surface area contributed by atoms with E-state index in [1.165, 1.54) is 20.3 Å². The minimum absolute atomic E-state index is 0.270. The third-order valence-electron chi connectivity index (χ3n) is 3.33. The van der Waals surface area contributed by atoms with Gasteiger partial charge in [0.25, 0.3) is 0 Å². The molecule has 5 heteroatoms. The predicted octanol–water partition coefficient (Wildman–Crippen LogP) is 5.07. The van der Waals surface area contributed by atoms with Crippen LogP contribution >= 0.6 is 34.3 Å². The molecular formula is C15H21ClN2S2. The van der Waals surface area contributed by atoms with Gasteiger partial charge in [-0.05, 0) is 44.7 Å². The van der Waals surface area contributed by atoms with Gasteiger partial charge in [-0.2, -0.15) is 0 Å². The van der Waals surface area contributed by atoms with Crippen LogP contribution in [0.25, 0.3) is 0 Å². The molecule has 1 unspecified atom stereocenters. The van der Waals surface area contributed by atoms with Gasteiger partial charge in [-0.25, -0.2) is 4.98 Å². The molecule has 0 aliphatic carbocycles. The second kappa shape index (κ2) is 7.03. The van der Waals surface area contributed by atoms with E-state index in [0.29, 0.717) is 0 Å². The Morgan fingerprint density at radius 2 is 2.10 bits per heavy atom. The van der Waals surface area contributed by atoms with Gasteiger partial charge in [0.15, 0.2) is 0 Å². The number of halogens is 1. The quantitative estimate of drug-likeness (QED) is 0.801. The first-order valence-electron chi connectivity index (χ1n) is 6.92. The van der Waals surface area contributed by atoms with Crippen molar-refractivity contribution in [2.24, 2.45) is 0 Å². The first kappa shape index (κ1) is 16.0. The lowest BCUT2D eigenvalue weighted by Crippen LogP contribution is -2.23. The first-order chi connectivity index (χ1) is 9.52. The van der Waals surface area contributed by atoms with Crippen LogP contribution in [0.15, 0.2) is 5.38 Å². The molecule has 0 aromatic carbocycles. The van der Waals surface area contributed by atoms with Crippen LogP contribution < -0.4 is 5.32 Å². The zero-order chi connectivity index (χ0) is 14.7. The maximum absolute atomic E-state index is 6.44. The Morgan fingerprint density at radius 1 is 1.35 bits per heavy atom.